The molecule has 0 fully saturated rings. The number of halogens is 2. The number of nitrogens with zero attached hydrogens (tertiary/aromatic N) is 4. The van der Waals surface area contributed by atoms with Gasteiger partial charge >= 0.3 is 6.61 Å². The van der Waals surface area contributed by atoms with E-state index in [-0.39, 0.29) is 17.7 Å². The number of para-hydroxylation sites is 1. The Bertz CT molecular complexity index is 1480. The minimum Gasteiger partial charge on any atom is -0.433 e. The van der Waals surface area contributed by atoms with Crippen molar-refractivity contribution in [2.45, 2.75) is 45.3 Å². The van der Waals surface area contributed by atoms with Crippen molar-refractivity contribution in [1.29, 1.82) is 0 Å². The van der Waals surface area contributed by atoms with Crippen molar-refractivity contribution in [3.63, 3.8) is 0 Å². The topological polar surface area (TPSA) is 60.2 Å². The van der Waals surface area contributed by atoms with E-state index in [1.807, 2.05) is 35.9 Å². The highest BCUT2D eigenvalue weighted by molar-refractivity contribution is 6.01. The molecule has 3 heterocycles. The molecule has 8 heteroatoms. The van der Waals surface area contributed by atoms with E-state index in [4.69, 9.17) is 9.72 Å². The van der Waals surface area contributed by atoms with Crippen LogP contribution in [0.5, 0.6) is 5.75 Å². The van der Waals surface area contributed by atoms with E-state index in [0.29, 0.717) is 23.5 Å². The first-order valence-electron chi connectivity index (χ1n) is 11.8. The van der Waals surface area contributed by atoms with Gasteiger partial charge in [-0.05, 0) is 67.1 Å². The molecule has 2 aromatic carbocycles. The number of ether oxygens (including phenoxy) is 1. The molecule has 0 bridgehead atoms. The van der Waals surface area contributed by atoms with E-state index < -0.39 is 6.61 Å². The van der Waals surface area contributed by atoms with E-state index >= 15 is 0 Å². The third-order valence-corrected chi connectivity index (χ3v) is 7.07. The van der Waals surface area contributed by atoms with Crippen LogP contribution in [-0.2, 0) is 12.8 Å². The Hall–Kier alpha value is -3.81. The minimum atomic E-state index is -3.02. The van der Waals surface area contributed by atoms with Gasteiger partial charge in [0.15, 0.2) is 5.75 Å². The molecule has 1 amide bonds. The first-order chi connectivity index (χ1) is 17.0. The molecular weight excluding hydrogens is 450 g/mol. The lowest BCUT2D eigenvalue weighted by atomic mass is 10.0. The average molecular weight is 475 g/mol. The van der Waals surface area contributed by atoms with E-state index in [0.717, 1.165) is 47.1 Å². The number of imidazole rings is 1. The molecule has 0 N–H and O–H groups in total. The fourth-order valence-electron chi connectivity index (χ4n) is 5.39. The van der Waals surface area contributed by atoms with Gasteiger partial charge < -0.3 is 9.64 Å². The zero-order chi connectivity index (χ0) is 24.3. The number of pyridine rings is 1. The zero-order valence-corrected chi connectivity index (χ0v) is 19.5. The molecule has 178 valence electrons. The maximum atomic E-state index is 13.4. The molecular formula is C27H24F2N4O2. The number of carbonyl (C=O) groups excluding carboxylic acids is 1. The van der Waals surface area contributed by atoms with Gasteiger partial charge in [0.05, 0.1) is 22.6 Å². The normalized spacial score (nSPS) is 16.9. The molecule has 0 saturated carbocycles. The van der Waals surface area contributed by atoms with E-state index in [1.165, 1.54) is 11.6 Å². The van der Waals surface area contributed by atoms with Crippen LogP contribution in [0.15, 0.2) is 48.7 Å². The van der Waals surface area contributed by atoms with Gasteiger partial charge in [-0.1, -0.05) is 19.1 Å². The standard InChI is InChI=1S/C27H24F2N4O2/c1-3-21-25-31-20-11-10-15(17-12-16-6-4-8-19(16)30-14-17)13-22(20)33(25)24-18(26(34)32(21)2)7-5-9-23(24)35-27(28)29/h5,7,9-14,21,27H,3-4,6,8H2,1-2H3. The molecule has 1 unspecified atom stereocenters. The number of benzene rings is 2. The fraction of sp³-hybridized carbons (Fsp3) is 0.296. The number of alkyl halides is 2. The maximum Gasteiger partial charge on any atom is 0.387 e. The SMILES string of the molecule is CCC1c2nc3ccc(-c4cnc5c(c4)CCC5)cc3n2-c2c(OC(F)F)cccc2C(=O)N1C. The summed E-state index contributed by atoms with van der Waals surface area (Å²) >= 11 is 0. The quantitative estimate of drug-likeness (QED) is 0.380. The molecule has 6 nitrogen and oxygen atoms in total. The second-order valence-corrected chi connectivity index (χ2v) is 9.06. The van der Waals surface area contributed by atoms with E-state index in [1.54, 1.807) is 24.1 Å². The van der Waals surface area contributed by atoms with Gasteiger partial charge in [-0.15, -0.1) is 0 Å². The summed E-state index contributed by atoms with van der Waals surface area (Å²) in [5.41, 5.74) is 6.41. The predicted molar refractivity (Wildman–Crippen MR) is 128 cm³/mol. The van der Waals surface area contributed by atoms with Gasteiger partial charge in [-0.25, -0.2) is 4.98 Å². The van der Waals surface area contributed by atoms with Gasteiger partial charge in [-0.3, -0.25) is 14.3 Å². The Morgan fingerprint density at radius 3 is 2.80 bits per heavy atom. The summed E-state index contributed by atoms with van der Waals surface area (Å²) in [6.07, 6.45) is 5.65. The van der Waals surface area contributed by atoms with Crippen LogP contribution in [0.25, 0.3) is 27.8 Å². The van der Waals surface area contributed by atoms with Crippen LogP contribution in [0, 0.1) is 0 Å². The maximum absolute atomic E-state index is 13.4. The molecule has 1 atom stereocenters. The third-order valence-electron chi connectivity index (χ3n) is 7.07. The molecule has 0 saturated heterocycles. The van der Waals surface area contributed by atoms with Crippen LogP contribution in [0.4, 0.5) is 8.78 Å². The predicted octanol–water partition coefficient (Wildman–Crippen LogP) is 5.71. The van der Waals surface area contributed by atoms with Crippen LogP contribution < -0.4 is 4.74 Å². The fourth-order valence-corrected chi connectivity index (χ4v) is 5.39. The van der Waals surface area contributed by atoms with Crippen molar-refractivity contribution in [3.05, 3.63) is 71.3 Å². The summed E-state index contributed by atoms with van der Waals surface area (Å²) in [4.78, 5) is 24.5. The Balaban J connectivity index is 1.63. The summed E-state index contributed by atoms with van der Waals surface area (Å²) in [5, 5.41) is 0. The van der Waals surface area contributed by atoms with Crippen molar-refractivity contribution in [3.8, 4) is 22.6 Å². The Kier molecular flexibility index (Phi) is 5.05. The number of amides is 1. The number of fused-ring (bicyclic) bond motifs is 6. The van der Waals surface area contributed by atoms with E-state index in [9.17, 15) is 13.6 Å². The highest BCUT2D eigenvalue weighted by Gasteiger charge is 2.35. The van der Waals surface area contributed by atoms with Crippen LogP contribution >= 0.6 is 0 Å². The Morgan fingerprint density at radius 1 is 1.14 bits per heavy atom. The van der Waals surface area contributed by atoms with Crippen LogP contribution in [0.2, 0.25) is 0 Å². The lowest BCUT2D eigenvalue weighted by Crippen LogP contribution is -2.30. The highest BCUT2D eigenvalue weighted by atomic mass is 19.3. The monoisotopic (exact) mass is 474 g/mol. The molecule has 1 aliphatic carbocycles. The van der Waals surface area contributed by atoms with Crippen molar-refractivity contribution in [1.82, 2.24) is 19.4 Å². The smallest absolute Gasteiger partial charge is 0.387 e. The average Bonchev–Trinajstić information content (AvgIpc) is 3.45. The number of aryl methyl sites for hydroxylation is 2. The molecule has 0 radical (unpaired) electrons. The van der Waals surface area contributed by atoms with Crippen molar-refractivity contribution >= 4 is 16.9 Å². The lowest BCUT2D eigenvalue weighted by Gasteiger charge is -2.24. The summed E-state index contributed by atoms with van der Waals surface area (Å²) in [7, 11) is 1.72. The summed E-state index contributed by atoms with van der Waals surface area (Å²) < 4.78 is 33.5. The summed E-state index contributed by atoms with van der Waals surface area (Å²) in [6, 6.07) is 12.5. The highest BCUT2D eigenvalue weighted by Crippen LogP contribution is 2.41. The summed E-state index contributed by atoms with van der Waals surface area (Å²) in [6.45, 7) is -1.04. The molecule has 4 aromatic rings. The molecule has 6 rings (SSSR count). The van der Waals surface area contributed by atoms with E-state index in [2.05, 4.69) is 11.1 Å². The molecule has 0 spiro atoms. The second kappa shape index (κ2) is 8.15. The lowest BCUT2D eigenvalue weighted by molar-refractivity contribution is -0.0498. The molecule has 1 aliphatic heterocycles. The first-order valence-corrected chi connectivity index (χ1v) is 11.8. The summed E-state index contributed by atoms with van der Waals surface area (Å²) in [5.74, 6) is 0.303. The van der Waals surface area contributed by atoms with Gasteiger partial charge in [0, 0.05) is 24.5 Å². The number of rotatable bonds is 4. The van der Waals surface area contributed by atoms with Crippen molar-refractivity contribution in [2.24, 2.45) is 0 Å². The van der Waals surface area contributed by atoms with Crippen LogP contribution in [0.3, 0.4) is 0 Å². The van der Waals surface area contributed by atoms with Crippen LogP contribution in [0.1, 0.15) is 53.2 Å². The Morgan fingerprint density at radius 2 is 2.00 bits per heavy atom. The number of aromatic nitrogens is 3. The molecule has 2 aromatic heterocycles. The number of hydrogen-bond acceptors (Lipinski definition) is 4. The minimum absolute atomic E-state index is 0.0545. The van der Waals surface area contributed by atoms with Gasteiger partial charge in [0.25, 0.3) is 5.91 Å². The first kappa shape index (κ1) is 21.7. The van der Waals surface area contributed by atoms with Gasteiger partial charge in [0.2, 0.25) is 0 Å². The second-order valence-electron chi connectivity index (χ2n) is 9.06. The largest absolute Gasteiger partial charge is 0.433 e. The van der Waals surface area contributed by atoms with Crippen molar-refractivity contribution in [2.75, 3.05) is 7.05 Å². The number of hydrogen-bond donors (Lipinski definition) is 0. The zero-order valence-electron chi connectivity index (χ0n) is 19.5. The molecule has 2 aliphatic rings. The molecule has 35 heavy (non-hydrogen) atoms. The van der Waals surface area contributed by atoms with Gasteiger partial charge in [-0.2, -0.15) is 8.78 Å². The third kappa shape index (κ3) is 3.38. The van der Waals surface area contributed by atoms with Gasteiger partial charge in [0.1, 0.15) is 11.5 Å². The van der Waals surface area contributed by atoms with Crippen LogP contribution in [-0.4, -0.2) is 39.0 Å². The number of carbonyl (C=O) groups is 1. The van der Waals surface area contributed by atoms with Crippen molar-refractivity contribution < 1.29 is 18.3 Å². The Labute approximate surface area is 201 Å².